The highest BCUT2D eigenvalue weighted by atomic mass is 16.3. The van der Waals surface area contributed by atoms with Crippen molar-refractivity contribution in [1.29, 1.82) is 0 Å². The molecule has 0 bridgehead atoms. The number of hydrogen-bond acceptors (Lipinski definition) is 6. The Bertz CT molecular complexity index is 771. The third-order valence-electron chi connectivity index (χ3n) is 2.98. The number of nitrogens with two attached hydrogens (primary N) is 2. The third-order valence-corrected chi connectivity index (χ3v) is 2.98. The number of hydrogen-bond donors (Lipinski definition) is 4. The fourth-order valence-corrected chi connectivity index (χ4v) is 1.78. The minimum atomic E-state index is -0.419. The van der Waals surface area contributed by atoms with Crippen LogP contribution in [-0.2, 0) is 0 Å². The second-order valence-electron chi connectivity index (χ2n) is 5.23. The van der Waals surface area contributed by atoms with Gasteiger partial charge in [0, 0.05) is 42.0 Å². The fourth-order valence-electron chi connectivity index (χ4n) is 1.78. The number of aryl methyl sites for hydroxylation is 1. The highest BCUT2D eigenvalue weighted by molar-refractivity contribution is 5.92. The van der Waals surface area contributed by atoms with Gasteiger partial charge in [-0.25, -0.2) is 0 Å². The van der Waals surface area contributed by atoms with Gasteiger partial charge in [0.2, 0.25) is 11.8 Å². The maximum Gasteiger partial charge on any atom is 0.248 e. The summed E-state index contributed by atoms with van der Waals surface area (Å²) in [5, 5.41) is 17.7. The van der Waals surface area contributed by atoms with Gasteiger partial charge in [-0.05, 0) is 48.9 Å². The Morgan fingerprint density at radius 1 is 0.741 bits per heavy atom. The zero-order valence-electron chi connectivity index (χ0n) is 14.6. The molecule has 0 spiro atoms. The van der Waals surface area contributed by atoms with Gasteiger partial charge in [0.25, 0.3) is 0 Å². The largest absolute Gasteiger partial charge is 0.508 e. The number of aromatic hydroxyl groups is 2. The average molecular weight is 368 g/mol. The number of nitrogens with zero attached hydrogens (tertiary/aromatic N) is 2. The summed E-state index contributed by atoms with van der Waals surface area (Å²) in [7, 11) is 0. The van der Waals surface area contributed by atoms with Crippen LogP contribution in [-0.4, -0.2) is 32.0 Å². The van der Waals surface area contributed by atoms with Crippen LogP contribution < -0.4 is 11.5 Å². The van der Waals surface area contributed by atoms with E-state index in [0.717, 1.165) is 5.56 Å². The summed E-state index contributed by atoms with van der Waals surface area (Å²) in [4.78, 5) is 28.2. The molecular weight excluding hydrogens is 348 g/mol. The van der Waals surface area contributed by atoms with Crippen LogP contribution in [0.15, 0.2) is 67.3 Å². The van der Waals surface area contributed by atoms with Crippen LogP contribution in [0.5, 0.6) is 11.5 Å². The van der Waals surface area contributed by atoms with E-state index in [-0.39, 0.29) is 11.5 Å². The second-order valence-corrected chi connectivity index (χ2v) is 5.23. The second kappa shape index (κ2) is 10.8. The molecule has 0 fully saturated rings. The lowest BCUT2D eigenvalue weighted by molar-refractivity contribution is 0.0991. The first-order valence-electron chi connectivity index (χ1n) is 7.69. The summed E-state index contributed by atoms with van der Waals surface area (Å²) >= 11 is 0. The van der Waals surface area contributed by atoms with Crippen molar-refractivity contribution in [1.82, 2.24) is 9.97 Å². The Labute approximate surface area is 156 Å². The molecule has 6 N–H and O–H groups in total. The Morgan fingerprint density at radius 2 is 1.07 bits per heavy atom. The number of phenols is 2. The van der Waals surface area contributed by atoms with Gasteiger partial charge < -0.3 is 21.7 Å². The Kier molecular flexibility index (Phi) is 8.46. The van der Waals surface area contributed by atoms with E-state index in [2.05, 4.69) is 9.97 Å². The van der Waals surface area contributed by atoms with Crippen LogP contribution in [0.4, 0.5) is 0 Å². The van der Waals surface area contributed by atoms with Gasteiger partial charge in [-0.15, -0.1) is 0 Å². The molecule has 2 heterocycles. The topological polar surface area (TPSA) is 152 Å². The maximum atomic E-state index is 10.4. The molecule has 0 atom stereocenters. The summed E-state index contributed by atoms with van der Waals surface area (Å²) in [5.41, 5.74) is 11.7. The van der Waals surface area contributed by atoms with E-state index in [9.17, 15) is 9.59 Å². The van der Waals surface area contributed by atoms with Gasteiger partial charge in [-0.2, -0.15) is 0 Å². The summed E-state index contributed by atoms with van der Waals surface area (Å²) in [5.74, 6) is -0.630. The van der Waals surface area contributed by atoms with Crippen molar-refractivity contribution in [2.24, 2.45) is 11.5 Å². The van der Waals surface area contributed by atoms with E-state index in [4.69, 9.17) is 21.7 Å². The number of aromatic nitrogens is 2. The first-order chi connectivity index (χ1) is 12.8. The van der Waals surface area contributed by atoms with E-state index >= 15 is 0 Å². The molecule has 0 radical (unpaired) electrons. The summed E-state index contributed by atoms with van der Waals surface area (Å²) in [6, 6.07) is 10.8. The van der Waals surface area contributed by atoms with Gasteiger partial charge in [0.05, 0.1) is 0 Å². The SMILES string of the molecule is Cc1cc(O)cc(O)c1.NC(=O)c1ccncc1.NC(=O)c1ccncc1. The molecule has 0 saturated carbocycles. The van der Waals surface area contributed by atoms with Crippen LogP contribution in [0.1, 0.15) is 26.3 Å². The van der Waals surface area contributed by atoms with Crippen LogP contribution in [0, 0.1) is 6.92 Å². The minimum absolute atomic E-state index is 0.104. The number of amides is 2. The van der Waals surface area contributed by atoms with Crippen molar-refractivity contribution in [3.63, 3.8) is 0 Å². The Balaban J connectivity index is 0.000000202. The Hall–Kier alpha value is -3.94. The Morgan fingerprint density at radius 3 is 1.30 bits per heavy atom. The van der Waals surface area contributed by atoms with Crippen LogP contribution in [0.3, 0.4) is 0 Å². The lowest BCUT2D eigenvalue weighted by atomic mass is 10.2. The quantitative estimate of drug-likeness (QED) is 0.541. The monoisotopic (exact) mass is 368 g/mol. The highest BCUT2D eigenvalue weighted by Crippen LogP contribution is 2.18. The molecule has 1 aromatic carbocycles. The summed E-state index contributed by atoms with van der Waals surface area (Å²) in [6.07, 6.45) is 6.11. The van der Waals surface area contributed by atoms with Crippen molar-refractivity contribution in [3.05, 3.63) is 83.9 Å². The molecule has 0 aliphatic heterocycles. The molecule has 0 aliphatic rings. The standard InChI is InChI=1S/C7H8O2.2C6H6N2O/c1-5-2-6(8)4-7(9)3-5;2*7-6(9)5-1-3-8-4-2-5/h2-4,8-9H,1H3;2*1-4H,(H2,7,9). The lowest BCUT2D eigenvalue weighted by Gasteiger charge is -1.94. The van der Waals surface area contributed by atoms with Crippen molar-refractivity contribution in [2.75, 3.05) is 0 Å². The first kappa shape index (κ1) is 21.1. The highest BCUT2D eigenvalue weighted by Gasteiger charge is 1.95. The van der Waals surface area contributed by atoms with E-state index in [1.165, 1.54) is 30.9 Å². The predicted octanol–water partition coefficient (Wildman–Crippen LogP) is 1.77. The van der Waals surface area contributed by atoms with Gasteiger partial charge in [0.15, 0.2) is 0 Å². The molecule has 0 unspecified atom stereocenters. The molecule has 3 rings (SSSR count). The molecule has 27 heavy (non-hydrogen) atoms. The zero-order chi connectivity index (χ0) is 20.2. The minimum Gasteiger partial charge on any atom is -0.508 e. The van der Waals surface area contributed by atoms with Crippen molar-refractivity contribution in [3.8, 4) is 11.5 Å². The van der Waals surface area contributed by atoms with E-state index in [1.807, 2.05) is 0 Å². The van der Waals surface area contributed by atoms with Crippen LogP contribution in [0.25, 0.3) is 0 Å². The first-order valence-corrected chi connectivity index (χ1v) is 7.69. The van der Waals surface area contributed by atoms with Crippen LogP contribution >= 0.6 is 0 Å². The zero-order valence-corrected chi connectivity index (χ0v) is 14.6. The number of rotatable bonds is 2. The number of benzene rings is 1. The predicted molar refractivity (Wildman–Crippen MR) is 100 cm³/mol. The molecule has 8 heteroatoms. The molecular formula is C19H20N4O4. The van der Waals surface area contributed by atoms with Gasteiger partial charge in [0.1, 0.15) is 11.5 Å². The van der Waals surface area contributed by atoms with E-state index < -0.39 is 11.8 Å². The van der Waals surface area contributed by atoms with Gasteiger partial charge in [-0.3, -0.25) is 19.6 Å². The van der Waals surface area contributed by atoms with Crippen molar-refractivity contribution < 1.29 is 19.8 Å². The number of phenolic OH excluding ortho intramolecular Hbond substituents is 2. The van der Waals surface area contributed by atoms with Crippen LogP contribution in [0.2, 0.25) is 0 Å². The molecule has 8 nitrogen and oxygen atoms in total. The fraction of sp³-hybridized carbons (Fsp3) is 0.0526. The van der Waals surface area contributed by atoms with Gasteiger partial charge in [-0.1, -0.05) is 0 Å². The third kappa shape index (κ3) is 8.64. The molecule has 0 saturated heterocycles. The number of pyridine rings is 2. The van der Waals surface area contributed by atoms with E-state index in [0.29, 0.717) is 11.1 Å². The molecule has 140 valence electrons. The number of carbonyl (C=O) groups is 2. The van der Waals surface area contributed by atoms with E-state index in [1.54, 1.807) is 43.3 Å². The maximum absolute atomic E-state index is 10.4. The lowest BCUT2D eigenvalue weighted by Crippen LogP contribution is -2.10. The van der Waals surface area contributed by atoms with Crippen molar-refractivity contribution in [2.45, 2.75) is 6.92 Å². The number of carbonyl (C=O) groups excluding carboxylic acids is 2. The smallest absolute Gasteiger partial charge is 0.248 e. The summed E-state index contributed by atoms with van der Waals surface area (Å²) < 4.78 is 0. The molecule has 0 aliphatic carbocycles. The molecule has 2 amide bonds. The number of primary amides is 2. The summed E-state index contributed by atoms with van der Waals surface area (Å²) in [6.45, 7) is 1.80. The van der Waals surface area contributed by atoms with Gasteiger partial charge >= 0.3 is 0 Å². The van der Waals surface area contributed by atoms with Crippen molar-refractivity contribution >= 4 is 11.8 Å². The molecule has 2 aromatic heterocycles. The average Bonchev–Trinajstić information content (AvgIpc) is 2.63. The molecule has 3 aromatic rings. The normalized spacial score (nSPS) is 9.07.